The van der Waals surface area contributed by atoms with Gasteiger partial charge in [0.2, 0.25) is 5.79 Å². The van der Waals surface area contributed by atoms with Gasteiger partial charge in [-0.3, -0.25) is 10.1 Å². The van der Waals surface area contributed by atoms with E-state index in [0.717, 1.165) is 0 Å². The fourth-order valence-electron chi connectivity index (χ4n) is 2.18. The first-order valence-electron chi connectivity index (χ1n) is 6.51. The lowest BCUT2D eigenvalue weighted by Gasteiger charge is -2.47. The summed E-state index contributed by atoms with van der Waals surface area (Å²) in [5.74, 6) is -3.51. The maximum absolute atomic E-state index is 12.2. The number of esters is 1. The van der Waals surface area contributed by atoms with Crippen LogP contribution in [0, 0.1) is 10.1 Å². The molecule has 0 saturated carbocycles. The van der Waals surface area contributed by atoms with Crippen molar-refractivity contribution < 1.29 is 28.7 Å². The Kier molecular flexibility index (Phi) is 4.19. The summed E-state index contributed by atoms with van der Waals surface area (Å²) in [7, 11) is 2.75. The van der Waals surface area contributed by atoms with Gasteiger partial charge in [0.1, 0.15) is 0 Å². The molecule has 2 rings (SSSR count). The quantitative estimate of drug-likeness (QED) is 0.476. The van der Waals surface area contributed by atoms with Crippen LogP contribution in [-0.4, -0.2) is 36.7 Å². The number of nitrogens with zero attached hydrogens (tertiary/aromatic N) is 1. The van der Waals surface area contributed by atoms with E-state index in [-0.39, 0.29) is 5.69 Å². The van der Waals surface area contributed by atoms with Crippen molar-refractivity contribution in [3.8, 4) is 0 Å². The Bertz CT molecular complexity index is 605. The van der Waals surface area contributed by atoms with Crippen LogP contribution < -0.4 is 0 Å². The van der Waals surface area contributed by atoms with Crippen LogP contribution in [-0.2, 0) is 23.7 Å². The van der Waals surface area contributed by atoms with E-state index in [1.165, 1.54) is 39.3 Å². The topological polar surface area (TPSA) is 97.1 Å². The fraction of sp³-hybridized carbons (Fsp3) is 0.500. The zero-order valence-electron chi connectivity index (χ0n) is 12.7. The number of hydrogen-bond acceptors (Lipinski definition) is 7. The van der Waals surface area contributed by atoms with E-state index in [4.69, 9.17) is 18.9 Å². The predicted molar refractivity (Wildman–Crippen MR) is 73.8 cm³/mol. The molecule has 0 aliphatic carbocycles. The van der Waals surface area contributed by atoms with Crippen molar-refractivity contribution in [1.82, 2.24) is 0 Å². The average molecular weight is 311 g/mol. The minimum absolute atomic E-state index is 0.145. The van der Waals surface area contributed by atoms with Crippen LogP contribution >= 0.6 is 0 Å². The third-order valence-corrected chi connectivity index (χ3v) is 3.84. The van der Waals surface area contributed by atoms with Crippen LogP contribution in [0.15, 0.2) is 24.3 Å². The lowest BCUT2D eigenvalue weighted by atomic mass is 10.0. The lowest BCUT2D eigenvalue weighted by Crippen LogP contribution is -2.62. The summed E-state index contributed by atoms with van der Waals surface area (Å²) in [5.41, 5.74) is 0.161. The van der Waals surface area contributed by atoms with E-state index in [2.05, 4.69) is 0 Å². The summed E-state index contributed by atoms with van der Waals surface area (Å²) in [6.45, 7) is 3.07. The third kappa shape index (κ3) is 2.56. The van der Waals surface area contributed by atoms with Gasteiger partial charge in [0, 0.05) is 33.3 Å². The molecule has 8 heteroatoms. The van der Waals surface area contributed by atoms with Gasteiger partial charge < -0.3 is 18.9 Å². The SMILES string of the molecule is COC1(C)OC(=O)C(c2cccc([N+](=O)[O-])c2)OC1(C)OC. The van der Waals surface area contributed by atoms with Gasteiger partial charge >= 0.3 is 5.97 Å². The molecule has 0 amide bonds. The van der Waals surface area contributed by atoms with Crippen molar-refractivity contribution in [2.75, 3.05) is 14.2 Å². The van der Waals surface area contributed by atoms with Crippen LogP contribution in [0.2, 0.25) is 0 Å². The Balaban J connectivity index is 2.39. The molecule has 1 heterocycles. The van der Waals surface area contributed by atoms with Gasteiger partial charge in [-0.25, -0.2) is 4.79 Å². The highest BCUT2D eigenvalue weighted by Crippen LogP contribution is 2.42. The van der Waals surface area contributed by atoms with Gasteiger partial charge in [-0.2, -0.15) is 0 Å². The van der Waals surface area contributed by atoms with Gasteiger partial charge in [-0.05, 0) is 12.5 Å². The van der Waals surface area contributed by atoms with Gasteiger partial charge in [-0.15, -0.1) is 0 Å². The molecule has 1 aliphatic heterocycles. The molecule has 0 radical (unpaired) electrons. The zero-order valence-corrected chi connectivity index (χ0v) is 12.7. The van der Waals surface area contributed by atoms with Crippen LogP contribution in [0.25, 0.3) is 0 Å². The molecule has 3 atom stereocenters. The second-order valence-corrected chi connectivity index (χ2v) is 5.07. The summed E-state index contributed by atoms with van der Waals surface area (Å²) in [6.07, 6.45) is -1.15. The summed E-state index contributed by atoms with van der Waals surface area (Å²) in [6, 6.07) is 5.60. The second-order valence-electron chi connectivity index (χ2n) is 5.07. The number of ether oxygens (including phenoxy) is 4. The van der Waals surface area contributed by atoms with E-state index >= 15 is 0 Å². The van der Waals surface area contributed by atoms with Crippen LogP contribution in [0.5, 0.6) is 0 Å². The Morgan fingerprint density at radius 3 is 2.41 bits per heavy atom. The summed E-state index contributed by atoms with van der Waals surface area (Å²) in [5, 5.41) is 10.9. The summed E-state index contributed by atoms with van der Waals surface area (Å²) < 4.78 is 21.5. The van der Waals surface area contributed by atoms with E-state index in [1.807, 2.05) is 0 Å². The minimum Gasteiger partial charge on any atom is -0.425 e. The molecular formula is C14H17NO7. The van der Waals surface area contributed by atoms with Crippen molar-refractivity contribution in [1.29, 1.82) is 0 Å². The molecule has 0 aromatic heterocycles. The van der Waals surface area contributed by atoms with E-state index in [9.17, 15) is 14.9 Å². The van der Waals surface area contributed by atoms with Crippen molar-refractivity contribution in [2.45, 2.75) is 31.5 Å². The molecule has 3 unspecified atom stereocenters. The Labute approximate surface area is 127 Å². The Morgan fingerprint density at radius 1 is 1.23 bits per heavy atom. The van der Waals surface area contributed by atoms with Gasteiger partial charge in [0.05, 0.1) is 4.92 Å². The van der Waals surface area contributed by atoms with Crippen molar-refractivity contribution in [3.63, 3.8) is 0 Å². The normalized spacial score (nSPS) is 31.6. The molecule has 0 spiro atoms. The molecule has 1 aliphatic rings. The number of benzene rings is 1. The highest BCUT2D eigenvalue weighted by molar-refractivity contribution is 5.78. The van der Waals surface area contributed by atoms with Crippen LogP contribution in [0.4, 0.5) is 5.69 Å². The Hall–Kier alpha value is -2.03. The first-order chi connectivity index (χ1) is 10.3. The van der Waals surface area contributed by atoms with E-state index in [1.54, 1.807) is 13.0 Å². The standard InChI is InChI=1S/C14H17NO7/c1-13(19-3)14(2,20-4)22-12(16)11(21-13)9-6-5-7-10(8-9)15(17)18/h5-8,11H,1-4H3. The van der Waals surface area contributed by atoms with Gasteiger partial charge in [0.15, 0.2) is 6.10 Å². The number of hydrogen-bond donors (Lipinski definition) is 0. The molecule has 8 nitrogen and oxygen atoms in total. The summed E-state index contributed by atoms with van der Waals surface area (Å²) >= 11 is 0. The number of rotatable bonds is 4. The number of nitro groups is 1. The van der Waals surface area contributed by atoms with Gasteiger partial charge in [-0.1, -0.05) is 12.1 Å². The van der Waals surface area contributed by atoms with Crippen molar-refractivity contribution in [2.24, 2.45) is 0 Å². The second kappa shape index (κ2) is 5.64. The predicted octanol–water partition coefficient (Wildman–Crippen LogP) is 1.93. The van der Waals surface area contributed by atoms with E-state index < -0.39 is 28.6 Å². The smallest absolute Gasteiger partial charge is 0.342 e. The van der Waals surface area contributed by atoms with Crippen molar-refractivity contribution >= 4 is 11.7 Å². The number of non-ortho nitro benzene ring substituents is 1. The number of carbonyl (C=O) groups excluding carboxylic acids is 1. The fourth-order valence-corrected chi connectivity index (χ4v) is 2.18. The highest BCUT2D eigenvalue weighted by atomic mass is 16.8. The third-order valence-electron chi connectivity index (χ3n) is 3.84. The molecular weight excluding hydrogens is 294 g/mol. The van der Waals surface area contributed by atoms with Crippen LogP contribution in [0.3, 0.4) is 0 Å². The molecule has 1 aromatic rings. The molecule has 1 fully saturated rings. The molecule has 0 N–H and O–H groups in total. The highest BCUT2D eigenvalue weighted by Gasteiger charge is 2.57. The maximum atomic E-state index is 12.2. The Morgan fingerprint density at radius 2 is 1.86 bits per heavy atom. The van der Waals surface area contributed by atoms with Crippen LogP contribution in [0.1, 0.15) is 25.5 Å². The lowest BCUT2D eigenvalue weighted by molar-refractivity contribution is -0.407. The average Bonchev–Trinajstić information content (AvgIpc) is 2.51. The number of methoxy groups -OCH3 is 2. The van der Waals surface area contributed by atoms with Gasteiger partial charge in [0.25, 0.3) is 11.5 Å². The largest absolute Gasteiger partial charge is 0.425 e. The first kappa shape index (κ1) is 16.3. The number of carbonyl (C=O) groups is 1. The molecule has 120 valence electrons. The number of nitro benzene ring substituents is 1. The number of cyclic esters (lactones) is 1. The summed E-state index contributed by atoms with van der Waals surface area (Å²) in [4.78, 5) is 22.5. The molecule has 0 bridgehead atoms. The molecule has 22 heavy (non-hydrogen) atoms. The first-order valence-corrected chi connectivity index (χ1v) is 6.51. The van der Waals surface area contributed by atoms with Crippen molar-refractivity contribution in [3.05, 3.63) is 39.9 Å². The molecule has 1 aromatic carbocycles. The maximum Gasteiger partial charge on any atom is 0.342 e. The zero-order chi connectivity index (χ0) is 16.5. The monoisotopic (exact) mass is 311 g/mol. The van der Waals surface area contributed by atoms with E-state index in [0.29, 0.717) is 5.56 Å². The molecule has 1 saturated heterocycles. The minimum atomic E-state index is -1.43.